The van der Waals surface area contributed by atoms with Crippen molar-refractivity contribution in [3.05, 3.63) is 82.1 Å². The number of carbonyl (C=O) groups is 2. The van der Waals surface area contributed by atoms with Crippen molar-refractivity contribution in [2.45, 2.75) is 25.8 Å². The molecule has 0 bridgehead atoms. The lowest BCUT2D eigenvalue weighted by Gasteiger charge is -2.18. The number of anilines is 1. The maximum absolute atomic E-state index is 12.9. The highest BCUT2D eigenvalue weighted by Gasteiger charge is 2.26. The SMILES string of the molecule is CC(C)c1[nH]nc(C(=O)NC(C(=O)Nc2ccccc2)c2ccccc2)c1Br. The largest absolute Gasteiger partial charge is 0.335 e. The van der Waals surface area contributed by atoms with Gasteiger partial charge in [0.1, 0.15) is 6.04 Å². The van der Waals surface area contributed by atoms with Gasteiger partial charge in [0.15, 0.2) is 5.69 Å². The Bertz CT molecular complexity index is 955. The maximum atomic E-state index is 12.9. The molecule has 28 heavy (non-hydrogen) atoms. The Hall–Kier alpha value is -2.93. The zero-order valence-corrected chi connectivity index (χ0v) is 17.2. The van der Waals surface area contributed by atoms with Crippen LogP contribution in [0.25, 0.3) is 0 Å². The van der Waals surface area contributed by atoms with Gasteiger partial charge < -0.3 is 10.6 Å². The van der Waals surface area contributed by atoms with E-state index in [1.54, 1.807) is 24.3 Å². The number of aromatic nitrogens is 2. The first kappa shape index (κ1) is 19.8. The molecular formula is C21H21BrN4O2. The smallest absolute Gasteiger partial charge is 0.273 e. The molecule has 3 rings (SSSR count). The Morgan fingerprint density at radius 3 is 2.18 bits per heavy atom. The highest BCUT2D eigenvalue weighted by Crippen LogP contribution is 2.26. The number of nitrogens with one attached hydrogen (secondary N) is 3. The zero-order valence-electron chi connectivity index (χ0n) is 15.6. The molecule has 0 saturated heterocycles. The summed E-state index contributed by atoms with van der Waals surface area (Å²) in [5, 5.41) is 12.6. The Morgan fingerprint density at radius 2 is 1.61 bits per heavy atom. The number of para-hydroxylation sites is 1. The molecule has 144 valence electrons. The molecule has 1 atom stereocenters. The summed E-state index contributed by atoms with van der Waals surface area (Å²) in [5.74, 6) is -0.594. The number of carbonyl (C=O) groups excluding carboxylic acids is 2. The number of halogens is 1. The summed E-state index contributed by atoms with van der Waals surface area (Å²) in [6.45, 7) is 4.00. The van der Waals surface area contributed by atoms with Crippen LogP contribution >= 0.6 is 15.9 Å². The molecule has 1 aromatic heterocycles. The van der Waals surface area contributed by atoms with E-state index in [2.05, 4.69) is 36.8 Å². The van der Waals surface area contributed by atoms with Crippen LogP contribution in [0.3, 0.4) is 0 Å². The quantitative estimate of drug-likeness (QED) is 0.530. The average Bonchev–Trinajstić information content (AvgIpc) is 3.09. The van der Waals surface area contributed by atoms with Crippen LogP contribution in [0, 0.1) is 0 Å². The first-order chi connectivity index (χ1) is 13.5. The van der Waals surface area contributed by atoms with E-state index in [-0.39, 0.29) is 17.5 Å². The maximum Gasteiger partial charge on any atom is 0.273 e. The van der Waals surface area contributed by atoms with Crippen LogP contribution in [0.5, 0.6) is 0 Å². The summed E-state index contributed by atoms with van der Waals surface area (Å²) in [6, 6.07) is 17.4. The molecule has 1 heterocycles. The number of rotatable bonds is 6. The van der Waals surface area contributed by atoms with E-state index in [4.69, 9.17) is 0 Å². The van der Waals surface area contributed by atoms with Gasteiger partial charge in [-0.2, -0.15) is 5.10 Å². The second-order valence-electron chi connectivity index (χ2n) is 6.63. The van der Waals surface area contributed by atoms with Gasteiger partial charge in [-0.05, 0) is 39.5 Å². The predicted molar refractivity (Wildman–Crippen MR) is 112 cm³/mol. The van der Waals surface area contributed by atoms with E-state index >= 15 is 0 Å². The molecule has 0 aliphatic rings. The van der Waals surface area contributed by atoms with Crippen molar-refractivity contribution >= 4 is 33.4 Å². The van der Waals surface area contributed by atoms with E-state index in [0.717, 1.165) is 5.69 Å². The summed E-state index contributed by atoms with van der Waals surface area (Å²) in [4.78, 5) is 25.8. The van der Waals surface area contributed by atoms with Crippen molar-refractivity contribution in [2.24, 2.45) is 0 Å². The highest BCUT2D eigenvalue weighted by molar-refractivity contribution is 9.10. The summed E-state index contributed by atoms with van der Waals surface area (Å²) in [7, 11) is 0. The standard InChI is InChI=1S/C21H21BrN4O2/c1-13(2)17-16(22)19(26-25-17)21(28)24-18(14-9-5-3-6-10-14)20(27)23-15-11-7-4-8-12-15/h3-13,18H,1-2H3,(H,23,27)(H,24,28)(H,25,26). The van der Waals surface area contributed by atoms with Crippen LogP contribution in [0.2, 0.25) is 0 Å². The average molecular weight is 441 g/mol. The molecule has 7 heteroatoms. The van der Waals surface area contributed by atoms with Gasteiger partial charge in [-0.1, -0.05) is 62.4 Å². The van der Waals surface area contributed by atoms with Crippen molar-refractivity contribution in [1.29, 1.82) is 0 Å². The fourth-order valence-corrected chi connectivity index (χ4v) is 3.57. The van der Waals surface area contributed by atoms with E-state index in [9.17, 15) is 9.59 Å². The number of amides is 2. The molecule has 1 unspecified atom stereocenters. The van der Waals surface area contributed by atoms with Gasteiger partial charge in [-0.25, -0.2) is 0 Å². The summed E-state index contributed by atoms with van der Waals surface area (Å²) in [6.07, 6.45) is 0. The monoisotopic (exact) mass is 440 g/mol. The van der Waals surface area contributed by atoms with Gasteiger partial charge in [-0.15, -0.1) is 0 Å². The van der Waals surface area contributed by atoms with Gasteiger partial charge in [-0.3, -0.25) is 14.7 Å². The van der Waals surface area contributed by atoms with Gasteiger partial charge in [0.25, 0.3) is 11.8 Å². The van der Waals surface area contributed by atoms with Crippen LogP contribution in [0.4, 0.5) is 5.69 Å². The third kappa shape index (κ3) is 4.48. The molecule has 0 aliphatic heterocycles. The summed E-state index contributed by atoms with van der Waals surface area (Å²) < 4.78 is 0.607. The predicted octanol–water partition coefficient (Wildman–Crippen LogP) is 4.41. The third-order valence-corrected chi connectivity index (χ3v) is 5.04. The Labute approximate surface area is 171 Å². The Kier molecular flexibility index (Phi) is 6.26. The van der Waals surface area contributed by atoms with E-state index in [1.165, 1.54) is 0 Å². The zero-order chi connectivity index (χ0) is 20.1. The normalized spacial score (nSPS) is 11.9. The number of H-pyrrole nitrogens is 1. The highest BCUT2D eigenvalue weighted by atomic mass is 79.9. The number of hydrogen-bond acceptors (Lipinski definition) is 3. The van der Waals surface area contributed by atoms with Crippen molar-refractivity contribution in [3.63, 3.8) is 0 Å². The minimum Gasteiger partial charge on any atom is -0.335 e. The topological polar surface area (TPSA) is 86.9 Å². The minimum absolute atomic E-state index is 0.176. The lowest BCUT2D eigenvalue weighted by molar-refractivity contribution is -0.118. The van der Waals surface area contributed by atoms with Crippen molar-refractivity contribution in [1.82, 2.24) is 15.5 Å². The van der Waals surface area contributed by atoms with E-state index < -0.39 is 11.9 Å². The van der Waals surface area contributed by atoms with Gasteiger partial charge in [0, 0.05) is 5.69 Å². The number of hydrogen-bond donors (Lipinski definition) is 3. The second kappa shape index (κ2) is 8.84. The van der Waals surface area contributed by atoms with E-state index in [0.29, 0.717) is 15.7 Å². The number of benzene rings is 2. The molecule has 2 aromatic carbocycles. The van der Waals surface area contributed by atoms with Crippen LogP contribution < -0.4 is 10.6 Å². The molecular weight excluding hydrogens is 420 g/mol. The fraction of sp³-hybridized carbons (Fsp3) is 0.190. The lowest BCUT2D eigenvalue weighted by atomic mass is 10.1. The molecule has 3 N–H and O–H groups in total. The van der Waals surface area contributed by atoms with E-state index in [1.807, 2.05) is 50.2 Å². The van der Waals surface area contributed by atoms with Crippen molar-refractivity contribution < 1.29 is 9.59 Å². The summed E-state index contributed by atoms with van der Waals surface area (Å²) in [5.41, 5.74) is 2.39. The van der Waals surface area contributed by atoms with Gasteiger partial charge in [0.05, 0.1) is 10.2 Å². The molecule has 0 radical (unpaired) electrons. The second-order valence-corrected chi connectivity index (χ2v) is 7.42. The molecule has 2 amide bonds. The minimum atomic E-state index is -0.861. The van der Waals surface area contributed by atoms with Crippen LogP contribution in [-0.2, 0) is 4.79 Å². The number of nitrogens with zero attached hydrogens (tertiary/aromatic N) is 1. The molecule has 3 aromatic rings. The van der Waals surface area contributed by atoms with Crippen LogP contribution in [0.1, 0.15) is 47.6 Å². The Morgan fingerprint density at radius 1 is 1.00 bits per heavy atom. The molecule has 0 fully saturated rings. The molecule has 0 spiro atoms. The molecule has 0 saturated carbocycles. The third-order valence-electron chi connectivity index (χ3n) is 4.24. The summed E-state index contributed by atoms with van der Waals surface area (Å²) >= 11 is 3.43. The number of aromatic amines is 1. The van der Waals surface area contributed by atoms with Gasteiger partial charge >= 0.3 is 0 Å². The first-order valence-electron chi connectivity index (χ1n) is 8.93. The van der Waals surface area contributed by atoms with Crippen molar-refractivity contribution in [3.8, 4) is 0 Å². The molecule has 6 nitrogen and oxygen atoms in total. The lowest BCUT2D eigenvalue weighted by Crippen LogP contribution is -2.37. The van der Waals surface area contributed by atoms with Crippen LogP contribution in [0.15, 0.2) is 65.1 Å². The van der Waals surface area contributed by atoms with Crippen LogP contribution in [-0.4, -0.2) is 22.0 Å². The first-order valence-corrected chi connectivity index (χ1v) is 9.72. The van der Waals surface area contributed by atoms with Crippen molar-refractivity contribution in [2.75, 3.05) is 5.32 Å². The molecule has 0 aliphatic carbocycles. The Balaban J connectivity index is 1.85. The van der Waals surface area contributed by atoms with Gasteiger partial charge in [0.2, 0.25) is 0 Å². The fourth-order valence-electron chi connectivity index (χ4n) is 2.76.